The first-order chi connectivity index (χ1) is 8.12. The van der Waals surface area contributed by atoms with Crippen LogP contribution in [0.4, 0.5) is 0 Å². The Bertz CT molecular complexity index is 412. The van der Waals surface area contributed by atoms with Crippen LogP contribution in [-0.4, -0.2) is 55.9 Å². The highest BCUT2D eigenvalue weighted by Gasteiger charge is 2.43. The molecule has 0 bridgehead atoms. The van der Waals surface area contributed by atoms with Crippen LogP contribution in [0.15, 0.2) is 6.33 Å². The Morgan fingerprint density at radius 3 is 2.94 bits per heavy atom. The third-order valence-electron chi connectivity index (χ3n) is 2.51. The number of rotatable bonds is 4. The highest BCUT2D eigenvalue weighted by Crippen LogP contribution is 2.18. The molecule has 9 heteroatoms. The maximum Gasteiger partial charge on any atom is 0.331 e. The zero-order valence-electron chi connectivity index (χ0n) is 8.87. The molecule has 1 amide bonds. The molecule has 1 aromatic rings. The van der Waals surface area contributed by atoms with Crippen LogP contribution in [-0.2, 0) is 20.9 Å². The minimum Gasteiger partial charge on any atom is -0.479 e. The van der Waals surface area contributed by atoms with E-state index in [4.69, 9.17) is 9.84 Å². The van der Waals surface area contributed by atoms with Crippen molar-refractivity contribution in [3.8, 4) is 0 Å². The molecule has 1 aliphatic heterocycles. The zero-order chi connectivity index (χ0) is 12.3. The van der Waals surface area contributed by atoms with Crippen LogP contribution in [0.1, 0.15) is 6.42 Å². The lowest BCUT2D eigenvalue weighted by Crippen LogP contribution is -2.55. The van der Waals surface area contributed by atoms with Crippen molar-refractivity contribution in [2.45, 2.75) is 18.5 Å². The average molecular weight is 241 g/mol. The Labute approximate surface area is 95.7 Å². The predicted molar refractivity (Wildman–Crippen MR) is 51.8 cm³/mol. The molecule has 1 unspecified atom stereocenters. The van der Waals surface area contributed by atoms with Gasteiger partial charge in [0.2, 0.25) is 5.91 Å². The molecule has 1 saturated heterocycles. The van der Waals surface area contributed by atoms with Crippen LogP contribution in [0.2, 0.25) is 0 Å². The summed E-state index contributed by atoms with van der Waals surface area (Å²) in [5.74, 6) is -1.56. The molecule has 0 aromatic carbocycles. The van der Waals surface area contributed by atoms with Gasteiger partial charge in [0.1, 0.15) is 12.9 Å². The van der Waals surface area contributed by atoms with E-state index in [1.165, 1.54) is 11.0 Å². The Balaban J connectivity index is 1.99. The standard InChI is InChI=1S/C8H11N5O4/c14-6(3-13-5-9-11-12-13)10-8(7(15)16)1-2-17-4-8/h5H,1-4H2,(H,10,14)(H,15,16). The lowest BCUT2D eigenvalue weighted by molar-refractivity contribution is -0.147. The van der Waals surface area contributed by atoms with Crippen LogP contribution < -0.4 is 5.32 Å². The summed E-state index contributed by atoms with van der Waals surface area (Å²) in [5.41, 5.74) is -1.33. The highest BCUT2D eigenvalue weighted by molar-refractivity contribution is 5.87. The SMILES string of the molecule is O=C(Cn1cnnn1)NC1(C(=O)O)CCOC1. The summed E-state index contributed by atoms with van der Waals surface area (Å²) in [5, 5.41) is 21.8. The fourth-order valence-corrected chi connectivity index (χ4v) is 1.59. The topological polar surface area (TPSA) is 119 Å². The van der Waals surface area contributed by atoms with E-state index in [9.17, 15) is 9.59 Å². The highest BCUT2D eigenvalue weighted by atomic mass is 16.5. The molecule has 0 saturated carbocycles. The normalized spacial score (nSPS) is 23.5. The molecule has 1 atom stereocenters. The first kappa shape index (κ1) is 11.5. The van der Waals surface area contributed by atoms with Crippen LogP contribution in [0, 0.1) is 0 Å². The summed E-state index contributed by atoms with van der Waals surface area (Å²) in [6.07, 6.45) is 1.53. The van der Waals surface area contributed by atoms with E-state index >= 15 is 0 Å². The number of ether oxygens (including phenoxy) is 1. The number of aromatic nitrogens is 4. The first-order valence-corrected chi connectivity index (χ1v) is 4.95. The Morgan fingerprint density at radius 1 is 1.59 bits per heavy atom. The van der Waals surface area contributed by atoms with Crippen molar-refractivity contribution in [2.24, 2.45) is 0 Å². The van der Waals surface area contributed by atoms with Gasteiger partial charge in [-0.05, 0) is 10.4 Å². The number of tetrazole rings is 1. The van der Waals surface area contributed by atoms with Crippen molar-refractivity contribution < 1.29 is 19.4 Å². The number of carbonyl (C=O) groups is 2. The van der Waals surface area contributed by atoms with Gasteiger partial charge in [-0.15, -0.1) is 5.10 Å². The second kappa shape index (κ2) is 4.45. The lowest BCUT2D eigenvalue weighted by atomic mass is 9.99. The van der Waals surface area contributed by atoms with Gasteiger partial charge < -0.3 is 15.2 Å². The van der Waals surface area contributed by atoms with Crippen molar-refractivity contribution in [2.75, 3.05) is 13.2 Å². The van der Waals surface area contributed by atoms with Crippen molar-refractivity contribution >= 4 is 11.9 Å². The number of nitrogens with zero attached hydrogens (tertiary/aromatic N) is 4. The Kier molecular flexibility index (Phi) is 3.00. The van der Waals surface area contributed by atoms with E-state index in [1.807, 2.05) is 0 Å². The number of amides is 1. The van der Waals surface area contributed by atoms with Crippen LogP contribution in [0.25, 0.3) is 0 Å². The van der Waals surface area contributed by atoms with Crippen molar-refractivity contribution in [1.82, 2.24) is 25.5 Å². The van der Waals surface area contributed by atoms with E-state index in [0.29, 0.717) is 6.61 Å². The quantitative estimate of drug-likeness (QED) is 0.627. The maximum atomic E-state index is 11.6. The largest absolute Gasteiger partial charge is 0.479 e. The molecule has 1 fully saturated rings. The monoisotopic (exact) mass is 241 g/mol. The minimum atomic E-state index is -1.33. The second-order valence-electron chi connectivity index (χ2n) is 3.75. The Morgan fingerprint density at radius 2 is 2.41 bits per heavy atom. The summed E-state index contributed by atoms with van der Waals surface area (Å²) in [7, 11) is 0. The minimum absolute atomic E-state index is 0.0241. The fraction of sp³-hybridized carbons (Fsp3) is 0.625. The predicted octanol–water partition coefficient (Wildman–Crippen LogP) is -1.97. The van der Waals surface area contributed by atoms with Gasteiger partial charge in [0.15, 0.2) is 5.54 Å². The molecule has 2 rings (SSSR count). The second-order valence-corrected chi connectivity index (χ2v) is 3.75. The maximum absolute atomic E-state index is 11.6. The third kappa shape index (κ3) is 2.38. The summed E-state index contributed by atoms with van der Waals surface area (Å²) in [6, 6.07) is 0. The van der Waals surface area contributed by atoms with E-state index in [-0.39, 0.29) is 19.6 Å². The zero-order valence-corrected chi connectivity index (χ0v) is 8.87. The van der Waals surface area contributed by atoms with Crippen molar-refractivity contribution in [3.63, 3.8) is 0 Å². The molecule has 17 heavy (non-hydrogen) atoms. The number of carbonyl (C=O) groups excluding carboxylic acids is 1. The van der Waals surface area contributed by atoms with Gasteiger partial charge >= 0.3 is 5.97 Å². The number of aliphatic carboxylic acids is 1. The van der Waals surface area contributed by atoms with Gasteiger partial charge in [-0.3, -0.25) is 4.79 Å². The van der Waals surface area contributed by atoms with E-state index in [0.717, 1.165) is 0 Å². The van der Waals surface area contributed by atoms with Gasteiger partial charge in [-0.2, -0.15) is 0 Å². The number of carboxylic acid groups (broad SMARTS) is 1. The first-order valence-electron chi connectivity index (χ1n) is 4.95. The van der Waals surface area contributed by atoms with Gasteiger partial charge in [-0.1, -0.05) is 0 Å². The molecule has 0 spiro atoms. The smallest absolute Gasteiger partial charge is 0.331 e. The molecule has 2 N–H and O–H groups in total. The van der Waals surface area contributed by atoms with E-state index in [1.54, 1.807) is 0 Å². The van der Waals surface area contributed by atoms with Gasteiger partial charge in [0, 0.05) is 13.0 Å². The summed E-state index contributed by atoms with van der Waals surface area (Å²) in [4.78, 5) is 22.7. The molecular weight excluding hydrogens is 230 g/mol. The van der Waals surface area contributed by atoms with Crippen LogP contribution >= 0.6 is 0 Å². The number of carboxylic acids is 1. The Hall–Kier alpha value is -2.03. The van der Waals surface area contributed by atoms with Gasteiger partial charge in [0.25, 0.3) is 0 Å². The number of hydrogen-bond acceptors (Lipinski definition) is 6. The molecular formula is C8H11N5O4. The summed E-state index contributed by atoms with van der Waals surface area (Å²) >= 11 is 0. The van der Waals surface area contributed by atoms with Gasteiger partial charge in [0.05, 0.1) is 6.61 Å². The summed E-state index contributed by atoms with van der Waals surface area (Å²) < 4.78 is 6.22. The molecule has 0 radical (unpaired) electrons. The third-order valence-corrected chi connectivity index (χ3v) is 2.51. The van der Waals surface area contributed by atoms with E-state index in [2.05, 4.69) is 20.8 Å². The molecule has 2 heterocycles. The van der Waals surface area contributed by atoms with Crippen molar-refractivity contribution in [1.29, 1.82) is 0 Å². The molecule has 1 aromatic heterocycles. The molecule has 92 valence electrons. The van der Waals surface area contributed by atoms with Crippen molar-refractivity contribution in [3.05, 3.63) is 6.33 Å². The fourth-order valence-electron chi connectivity index (χ4n) is 1.59. The van der Waals surface area contributed by atoms with E-state index < -0.39 is 17.4 Å². The average Bonchev–Trinajstić information content (AvgIpc) is 2.89. The van der Waals surface area contributed by atoms with Crippen LogP contribution in [0.5, 0.6) is 0 Å². The lowest BCUT2D eigenvalue weighted by Gasteiger charge is -2.23. The molecule has 0 aliphatic carbocycles. The number of hydrogen-bond donors (Lipinski definition) is 2. The molecule has 1 aliphatic rings. The van der Waals surface area contributed by atoms with Crippen LogP contribution in [0.3, 0.4) is 0 Å². The molecule has 9 nitrogen and oxygen atoms in total. The number of nitrogens with one attached hydrogen (secondary N) is 1. The summed E-state index contributed by atoms with van der Waals surface area (Å²) in [6.45, 7) is 0.170. The van der Waals surface area contributed by atoms with Gasteiger partial charge in [-0.25, -0.2) is 9.48 Å².